The Bertz CT molecular complexity index is 641. The number of hydrogen-bond acceptors (Lipinski definition) is 1. The molecule has 0 unspecified atom stereocenters. The second-order valence-electron chi connectivity index (χ2n) is 3.70. The number of hydrogen-bond donors (Lipinski definition) is 0. The van der Waals surface area contributed by atoms with Gasteiger partial charge in [-0.2, -0.15) is 5.26 Å². The van der Waals surface area contributed by atoms with Crippen molar-refractivity contribution in [3.63, 3.8) is 0 Å². The number of allylic oxidation sites excluding steroid dienone is 1. The maximum Gasteiger partial charge on any atom is 0.123 e. The van der Waals surface area contributed by atoms with E-state index < -0.39 is 0 Å². The molecule has 0 heterocycles. The highest BCUT2D eigenvalue weighted by molar-refractivity contribution is 6.32. The second kappa shape index (κ2) is 5.48. The van der Waals surface area contributed by atoms with Gasteiger partial charge in [0.1, 0.15) is 5.82 Å². The zero-order chi connectivity index (χ0) is 13.0. The summed E-state index contributed by atoms with van der Waals surface area (Å²) >= 11 is 6.02. The van der Waals surface area contributed by atoms with Crippen LogP contribution in [0, 0.1) is 17.1 Å². The van der Waals surface area contributed by atoms with E-state index in [1.54, 1.807) is 30.3 Å². The summed E-state index contributed by atoms with van der Waals surface area (Å²) in [5.74, 6) is -0.368. The molecule has 0 atom stereocenters. The van der Waals surface area contributed by atoms with Crippen LogP contribution in [-0.2, 0) is 0 Å². The van der Waals surface area contributed by atoms with Crippen LogP contribution in [0.3, 0.4) is 0 Å². The summed E-state index contributed by atoms with van der Waals surface area (Å²) in [6.07, 6.45) is 1.65. The summed E-state index contributed by atoms with van der Waals surface area (Å²) < 4.78 is 13.1. The summed E-state index contributed by atoms with van der Waals surface area (Å²) in [4.78, 5) is 0. The molecular formula is C15H9ClFN. The van der Waals surface area contributed by atoms with Crippen LogP contribution in [0.5, 0.6) is 0 Å². The van der Waals surface area contributed by atoms with E-state index in [0.717, 1.165) is 5.56 Å². The second-order valence-corrected chi connectivity index (χ2v) is 4.11. The Labute approximate surface area is 110 Å². The molecule has 0 aliphatic rings. The molecule has 0 aliphatic carbocycles. The van der Waals surface area contributed by atoms with Crippen LogP contribution in [0.25, 0.3) is 11.6 Å². The van der Waals surface area contributed by atoms with Gasteiger partial charge in [0.25, 0.3) is 0 Å². The van der Waals surface area contributed by atoms with Gasteiger partial charge in [-0.1, -0.05) is 41.9 Å². The quantitative estimate of drug-likeness (QED) is 0.572. The first-order chi connectivity index (χ1) is 8.70. The van der Waals surface area contributed by atoms with Crippen LogP contribution in [0.1, 0.15) is 11.1 Å². The maximum absolute atomic E-state index is 13.1. The van der Waals surface area contributed by atoms with Gasteiger partial charge in [-0.15, -0.1) is 0 Å². The van der Waals surface area contributed by atoms with Gasteiger partial charge in [-0.3, -0.25) is 0 Å². The van der Waals surface area contributed by atoms with E-state index >= 15 is 0 Å². The third-order valence-electron chi connectivity index (χ3n) is 2.46. The zero-order valence-corrected chi connectivity index (χ0v) is 10.2. The highest BCUT2D eigenvalue weighted by atomic mass is 35.5. The van der Waals surface area contributed by atoms with E-state index in [0.29, 0.717) is 16.2 Å². The molecule has 0 saturated heterocycles. The summed E-state index contributed by atoms with van der Waals surface area (Å²) in [5.41, 5.74) is 1.65. The smallest absolute Gasteiger partial charge is 0.123 e. The Morgan fingerprint density at radius 3 is 2.61 bits per heavy atom. The van der Waals surface area contributed by atoms with Crippen LogP contribution < -0.4 is 0 Å². The molecule has 0 fully saturated rings. The molecule has 18 heavy (non-hydrogen) atoms. The fourth-order valence-corrected chi connectivity index (χ4v) is 1.77. The predicted molar refractivity (Wildman–Crippen MR) is 71.3 cm³/mol. The highest BCUT2D eigenvalue weighted by Gasteiger charge is 2.03. The average Bonchev–Trinajstić information content (AvgIpc) is 2.38. The van der Waals surface area contributed by atoms with Gasteiger partial charge in [-0.05, 0) is 35.4 Å². The fraction of sp³-hybridized carbons (Fsp3) is 0. The summed E-state index contributed by atoms with van der Waals surface area (Å²) in [5, 5.41) is 9.70. The van der Waals surface area contributed by atoms with E-state index in [4.69, 9.17) is 16.9 Å². The lowest BCUT2D eigenvalue weighted by Crippen LogP contribution is -1.84. The predicted octanol–water partition coefficient (Wildman–Crippen LogP) is 4.54. The molecule has 0 N–H and O–H groups in total. The van der Waals surface area contributed by atoms with Gasteiger partial charge in [0.05, 0.1) is 11.6 Å². The monoisotopic (exact) mass is 257 g/mol. The Morgan fingerprint density at radius 1 is 1.17 bits per heavy atom. The van der Waals surface area contributed by atoms with Gasteiger partial charge < -0.3 is 0 Å². The van der Waals surface area contributed by atoms with E-state index in [-0.39, 0.29) is 5.82 Å². The van der Waals surface area contributed by atoms with Crippen molar-refractivity contribution in [2.45, 2.75) is 0 Å². The van der Waals surface area contributed by atoms with Crippen LogP contribution >= 0.6 is 11.6 Å². The molecule has 0 aliphatic heterocycles. The number of nitrogens with zero attached hydrogens (tertiary/aromatic N) is 1. The summed E-state index contributed by atoms with van der Waals surface area (Å²) in [6.45, 7) is 0. The molecule has 1 nitrogen and oxygen atoms in total. The normalized spacial score (nSPS) is 11.1. The SMILES string of the molecule is N#C/C(=C/c1ccccc1Cl)c1cccc(F)c1. The molecule has 88 valence electrons. The highest BCUT2D eigenvalue weighted by Crippen LogP contribution is 2.22. The number of halogens is 2. The minimum Gasteiger partial charge on any atom is -0.207 e. The molecule has 3 heteroatoms. The van der Waals surface area contributed by atoms with Crippen molar-refractivity contribution in [3.8, 4) is 6.07 Å². The van der Waals surface area contributed by atoms with Gasteiger partial charge in [0, 0.05) is 5.02 Å². The summed E-state index contributed by atoms with van der Waals surface area (Å²) in [7, 11) is 0. The van der Waals surface area contributed by atoms with Gasteiger partial charge in [-0.25, -0.2) is 4.39 Å². The van der Waals surface area contributed by atoms with E-state index in [1.807, 2.05) is 12.1 Å². The molecule has 0 bridgehead atoms. The standard InChI is InChI=1S/C15H9ClFN/c16-15-7-2-1-4-12(15)8-13(10-18)11-5-3-6-14(17)9-11/h1-9H/b13-8-. The first-order valence-corrected chi connectivity index (χ1v) is 5.71. The molecular weight excluding hydrogens is 249 g/mol. The van der Waals surface area contributed by atoms with E-state index in [9.17, 15) is 4.39 Å². The van der Waals surface area contributed by atoms with Crippen LogP contribution in [-0.4, -0.2) is 0 Å². The van der Waals surface area contributed by atoms with Gasteiger partial charge >= 0.3 is 0 Å². The van der Waals surface area contributed by atoms with Crippen molar-refractivity contribution in [1.82, 2.24) is 0 Å². The van der Waals surface area contributed by atoms with Crippen LogP contribution in [0.15, 0.2) is 48.5 Å². The van der Waals surface area contributed by atoms with Crippen molar-refractivity contribution < 1.29 is 4.39 Å². The fourth-order valence-electron chi connectivity index (χ4n) is 1.58. The van der Waals surface area contributed by atoms with Crippen LogP contribution in [0.2, 0.25) is 5.02 Å². The van der Waals surface area contributed by atoms with Gasteiger partial charge in [0.15, 0.2) is 0 Å². The lowest BCUT2D eigenvalue weighted by atomic mass is 10.0. The minimum atomic E-state index is -0.368. The molecule has 0 radical (unpaired) electrons. The Kier molecular flexibility index (Phi) is 3.76. The lowest BCUT2D eigenvalue weighted by molar-refractivity contribution is 0.627. The minimum absolute atomic E-state index is 0.368. The van der Waals surface area contributed by atoms with Crippen molar-refractivity contribution in [3.05, 3.63) is 70.5 Å². The van der Waals surface area contributed by atoms with Gasteiger partial charge in [0.2, 0.25) is 0 Å². The van der Waals surface area contributed by atoms with E-state index in [2.05, 4.69) is 6.07 Å². The third kappa shape index (κ3) is 2.77. The first-order valence-electron chi connectivity index (χ1n) is 5.33. The molecule has 0 saturated carbocycles. The van der Waals surface area contributed by atoms with Crippen LogP contribution in [0.4, 0.5) is 4.39 Å². The molecule has 2 rings (SSSR count). The maximum atomic E-state index is 13.1. The topological polar surface area (TPSA) is 23.8 Å². The van der Waals surface area contributed by atoms with Crippen molar-refractivity contribution >= 4 is 23.3 Å². The van der Waals surface area contributed by atoms with Crippen molar-refractivity contribution in [2.75, 3.05) is 0 Å². The first kappa shape index (κ1) is 12.3. The Balaban J connectivity index is 2.47. The number of rotatable bonds is 2. The average molecular weight is 258 g/mol. The Morgan fingerprint density at radius 2 is 1.94 bits per heavy atom. The van der Waals surface area contributed by atoms with Crippen molar-refractivity contribution in [1.29, 1.82) is 5.26 Å². The largest absolute Gasteiger partial charge is 0.207 e. The number of benzene rings is 2. The van der Waals surface area contributed by atoms with E-state index in [1.165, 1.54) is 12.1 Å². The summed E-state index contributed by atoms with van der Waals surface area (Å²) in [6, 6.07) is 15.2. The molecule has 0 amide bonds. The third-order valence-corrected chi connectivity index (χ3v) is 2.81. The lowest BCUT2D eigenvalue weighted by Gasteiger charge is -2.01. The molecule has 0 spiro atoms. The van der Waals surface area contributed by atoms with Crippen molar-refractivity contribution in [2.24, 2.45) is 0 Å². The molecule has 2 aromatic carbocycles. The molecule has 2 aromatic rings. The number of nitriles is 1. The zero-order valence-electron chi connectivity index (χ0n) is 9.40. The Hall–Kier alpha value is -2.11. The molecule has 0 aromatic heterocycles.